The molecule has 7 nitrogen and oxygen atoms in total. The molecule has 2 aromatic carbocycles. The Hall–Kier alpha value is -3.23. The van der Waals surface area contributed by atoms with E-state index in [9.17, 15) is 14.0 Å². The molecule has 5 rings (SSSR count). The van der Waals surface area contributed by atoms with Crippen molar-refractivity contribution in [3.63, 3.8) is 0 Å². The van der Waals surface area contributed by atoms with Crippen molar-refractivity contribution in [3.05, 3.63) is 75.5 Å². The van der Waals surface area contributed by atoms with E-state index in [0.717, 1.165) is 5.39 Å². The van der Waals surface area contributed by atoms with Crippen LogP contribution in [0.3, 0.4) is 0 Å². The maximum Gasteiger partial charge on any atom is 0.297 e. The van der Waals surface area contributed by atoms with E-state index in [1.165, 1.54) is 17.0 Å². The van der Waals surface area contributed by atoms with Crippen LogP contribution in [-0.4, -0.2) is 51.4 Å². The van der Waals surface area contributed by atoms with Gasteiger partial charge in [-0.2, -0.15) is 0 Å². The van der Waals surface area contributed by atoms with Crippen molar-refractivity contribution in [1.82, 2.24) is 19.4 Å². The number of nitrogens with zero attached hydrogens (tertiary/aromatic N) is 4. The molecule has 0 saturated carbocycles. The molecule has 1 aliphatic rings. The predicted octanol–water partition coefficient (Wildman–Crippen LogP) is 3.28. The minimum atomic E-state index is -0.382. The molecule has 0 spiro atoms. The molecule has 0 bridgehead atoms. The molecule has 32 heavy (non-hydrogen) atoms. The molecule has 0 N–H and O–H groups in total. The fourth-order valence-electron chi connectivity index (χ4n) is 4.04. The van der Waals surface area contributed by atoms with Gasteiger partial charge in [0.05, 0.1) is 6.33 Å². The summed E-state index contributed by atoms with van der Waals surface area (Å²) in [6.07, 6.45) is 1.39. The maximum absolute atomic E-state index is 14.0. The molecular formula is C23H20ClFN4O3. The molecule has 0 aliphatic carbocycles. The third kappa shape index (κ3) is 3.76. The predicted molar refractivity (Wildman–Crippen MR) is 119 cm³/mol. The minimum absolute atomic E-state index is 0.113. The lowest BCUT2D eigenvalue weighted by atomic mass is 10.2. The highest BCUT2D eigenvalue weighted by atomic mass is 35.5. The number of piperazine rings is 1. The summed E-state index contributed by atoms with van der Waals surface area (Å²) in [4.78, 5) is 33.8. The monoisotopic (exact) mass is 454 g/mol. The lowest BCUT2D eigenvalue weighted by molar-refractivity contribution is -0.133. The van der Waals surface area contributed by atoms with E-state index >= 15 is 0 Å². The molecule has 1 fully saturated rings. The number of benzene rings is 2. The smallest absolute Gasteiger partial charge is 0.297 e. The van der Waals surface area contributed by atoms with Crippen molar-refractivity contribution in [1.29, 1.82) is 0 Å². The van der Waals surface area contributed by atoms with Crippen molar-refractivity contribution >= 4 is 39.6 Å². The summed E-state index contributed by atoms with van der Waals surface area (Å²) < 4.78 is 21.0. The third-order valence-electron chi connectivity index (χ3n) is 5.82. The van der Waals surface area contributed by atoms with Gasteiger partial charge < -0.3 is 9.32 Å². The quantitative estimate of drug-likeness (QED) is 0.473. The Morgan fingerprint density at radius 1 is 1.09 bits per heavy atom. The number of fused-ring (bicyclic) bond motifs is 3. The Morgan fingerprint density at radius 3 is 2.66 bits per heavy atom. The zero-order chi connectivity index (χ0) is 22.2. The summed E-state index contributed by atoms with van der Waals surface area (Å²) in [5, 5.41) is 1.17. The second-order valence-corrected chi connectivity index (χ2v) is 8.22. The molecule has 1 amide bonds. The average Bonchev–Trinajstić information content (AvgIpc) is 3.18. The highest BCUT2D eigenvalue weighted by Gasteiger charge is 2.23. The first-order chi connectivity index (χ1) is 15.5. The van der Waals surface area contributed by atoms with Crippen LogP contribution in [0.5, 0.6) is 0 Å². The van der Waals surface area contributed by atoms with Crippen LogP contribution in [0.1, 0.15) is 5.56 Å². The number of hydrogen-bond acceptors (Lipinski definition) is 5. The van der Waals surface area contributed by atoms with Gasteiger partial charge in [-0.25, -0.2) is 9.37 Å². The van der Waals surface area contributed by atoms with Crippen LogP contribution in [0.25, 0.3) is 22.1 Å². The normalized spacial score (nSPS) is 15.0. The van der Waals surface area contributed by atoms with Gasteiger partial charge in [-0.15, -0.1) is 0 Å². The lowest BCUT2D eigenvalue weighted by Crippen LogP contribution is -2.49. The molecule has 164 valence electrons. The molecule has 9 heteroatoms. The van der Waals surface area contributed by atoms with Crippen LogP contribution >= 0.6 is 11.6 Å². The SMILES string of the molecule is O=C(Cn1cnc2c(oc3ccccc32)c1=O)N1CCN(Cc2c(F)cccc2Cl)CC1. The average molecular weight is 455 g/mol. The largest absolute Gasteiger partial charge is 0.448 e. The van der Waals surface area contributed by atoms with E-state index in [1.54, 1.807) is 23.1 Å². The first-order valence-corrected chi connectivity index (χ1v) is 10.7. The molecule has 1 aliphatic heterocycles. The van der Waals surface area contributed by atoms with Gasteiger partial charge in [0, 0.05) is 48.7 Å². The number of para-hydroxylation sites is 1. The summed E-state index contributed by atoms with van der Waals surface area (Å²) in [5.41, 5.74) is 1.31. The Labute approximate surface area is 187 Å². The van der Waals surface area contributed by atoms with Crippen molar-refractivity contribution in [2.24, 2.45) is 0 Å². The van der Waals surface area contributed by atoms with Gasteiger partial charge in [0.1, 0.15) is 23.5 Å². The first-order valence-electron chi connectivity index (χ1n) is 10.3. The molecule has 1 saturated heterocycles. The number of carbonyl (C=O) groups excluding carboxylic acids is 1. The standard InChI is InChI=1S/C23H20ClFN4O3/c24-17-5-3-6-18(25)16(17)12-27-8-10-28(11-9-27)20(30)13-29-14-26-21-15-4-1-2-7-19(15)32-22(21)23(29)31/h1-7,14H,8-13H2. The van der Waals surface area contributed by atoms with Gasteiger partial charge in [0.15, 0.2) is 0 Å². The van der Waals surface area contributed by atoms with Gasteiger partial charge >= 0.3 is 0 Å². The molecular weight excluding hydrogens is 435 g/mol. The summed E-state index contributed by atoms with van der Waals surface area (Å²) in [6, 6.07) is 11.9. The fourth-order valence-corrected chi connectivity index (χ4v) is 4.26. The van der Waals surface area contributed by atoms with Gasteiger partial charge in [0.25, 0.3) is 5.56 Å². The molecule has 3 heterocycles. The van der Waals surface area contributed by atoms with Crippen LogP contribution in [0, 0.1) is 5.82 Å². The van der Waals surface area contributed by atoms with Gasteiger partial charge in [-0.3, -0.25) is 19.1 Å². The molecule has 4 aromatic rings. The number of carbonyl (C=O) groups is 1. The van der Waals surface area contributed by atoms with E-state index in [4.69, 9.17) is 16.0 Å². The van der Waals surface area contributed by atoms with Crippen LogP contribution < -0.4 is 5.56 Å². The fraction of sp³-hybridized carbons (Fsp3) is 0.261. The van der Waals surface area contributed by atoms with Gasteiger partial charge in [-0.05, 0) is 24.3 Å². The molecule has 0 radical (unpaired) electrons. The zero-order valence-corrected chi connectivity index (χ0v) is 17.9. The van der Waals surface area contributed by atoms with E-state index in [1.807, 2.05) is 18.2 Å². The maximum atomic E-state index is 14.0. The third-order valence-corrected chi connectivity index (χ3v) is 6.18. The Kier molecular flexibility index (Phi) is 5.40. The lowest BCUT2D eigenvalue weighted by Gasteiger charge is -2.35. The number of furan rings is 1. The zero-order valence-electron chi connectivity index (χ0n) is 17.1. The summed E-state index contributed by atoms with van der Waals surface area (Å²) in [5.74, 6) is -0.503. The number of amides is 1. The van der Waals surface area contributed by atoms with Crippen molar-refractivity contribution < 1.29 is 13.6 Å². The topological polar surface area (TPSA) is 71.6 Å². The van der Waals surface area contributed by atoms with E-state index in [0.29, 0.717) is 54.4 Å². The Balaban J connectivity index is 1.26. The summed E-state index contributed by atoms with van der Waals surface area (Å²) >= 11 is 6.12. The van der Waals surface area contributed by atoms with Crippen LogP contribution in [-0.2, 0) is 17.9 Å². The van der Waals surface area contributed by atoms with E-state index in [2.05, 4.69) is 9.88 Å². The van der Waals surface area contributed by atoms with E-state index in [-0.39, 0.29) is 29.4 Å². The summed E-state index contributed by atoms with van der Waals surface area (Å²) in [7, 11) is 0. The van der Waals surface area contributed by atoms with Crippen molar-refractivity contribution in [2.45, 2.75) is 13.1 Å². The minimum Gasteiger partial charge on any atom is -0.448 e. The molecule has 0 unspecified atom stereocenters. The van der Waals surface area contributed by atoms with Crippen LogP contribution in [0.4, 0.5) is 4.39 Å². The number of rotatable bonds is 4. The highest BCUT2D eigenvalue weighted by molar-refractivity contribution is 6.31. The first kappa shape index (κ1) is 20.7. The Morgan fingerprint density at radius 2 is 1.88 bits per heavy atom. The van der Waals surface area contributed by atoms with E-state index < -0.39 is 0 Å². The number of aromatic nitrogens is 2. The second kappa shape index (κ2) is 8.37. The molecule has 2 aromatic heterocycles. The number of hydrogen-bond donors (Lipinski definition) is 0. The van der Waals surface area contributed by atoms with Crippen molar-refractivity contribution in [2.75, 3.05) is 26.2 Å². The van der Waals surface area contributed by atoms with Crippen molar-refractivity contribution in [3.8, 4) is 0 Å². The highest BCUT2D eigenvalue weighted by Crippen LogP contribution is 2.24. The number of halogens is 2. The van der Waals surface area contributed by atoms with Gasteiger partial charge in [0.2, 0.25) is 11.5 Å². The second-order valence-electron chi connectivity index (χ2n) is 7.81. The Bertz CT molecular complexity index is 1350. The summed E-state index contributed by atoms with van der Waals surface area (Å²) in [6.45, 7) is 2.43. The van der Waals surface area contributed by atoms with Gasteiger partial charge in [-0.1, -0.05) is 29.8 Å². The molecule has 0 atom stereocenters. The van der Waals surface area contributed by atoms with Crippen LogP contribution in [0.15, 0.2) is 58.0 Å². The van der Waals surface area contributed by atoms with Crippen LogP contribution in [0.2, 0.25) is 5.02 Å².